The van der Waals surface area contributed by atoms with Crippen molar-refractivity contribution in [3.63, 3.8) is 0 Å². The van der Waals surface area contributed by atoms with E-state index in [4.69, 9.17) is 5.11 Å². The lowest BCUT2D eigenvalue weighted by Crippen LogP contribution is -2.42. The van der Waals surface area contributed by atoms with Gasteiger partial charge in [0.05, 0.1) is 5.56 Å². The molecular weight excluding hydrogens is 315 g/mol. The van der Waals surface area contributed by atoms with E-state index in [1.54, 1.807) is 13.8 Å². The molecule has 1 aromatic rings. The molecule has 2 unspecified atom stereocenters. The van der Waals surface area contributed by atoms with E-state index in [0.29, 0.717) is 0 Å². The van der Waals surface area contributed by atoms with Crippen LogP contribution >= 0.6 is 0 Å². The summed E-state index contributed by atoms with van der Waals surface area (Å²) < 4.78 is 37.6. The number of benzene rings is 1. The molecular formula is C15H18F3NO4. The average Bonchev–Trinajstić information content (AvgIpc) is 2.41. The molecule has 0 saturated heterocycles. The molecule has 0 saturated carbocycles. The number of carboxylic acids is 2. The number of hydrogen-bond donors (Lipinski definition) is 3. The van der Waals surface area contributed by atoms with Gasteiger partial charge in [-0.15, -0.1) is 0 Å². The fourth-order valence-corrected chi connectivity index (χ4v) is 2.09. The van der Waals surface area contributed by atoms with Gasteiger partial charge in [0.15, 0.2) is 0 Å². The zero-order valence-electron chi connectivity index (χ0n) is 12.6. The molecule has 23 heavy (non-hydrogen) atoms. The Morgan fingerprint density at radius 2 is 1.61 bits per heavy atom. The van der Waals surface area contributed by atoms with Crippen LogP contribution in [0.1, 0.15) is 37.4 Å². The van der Waals surface area contributed by atoms with Crippen molar-refractivity contribution in [3.05, 3.63) is 35.4 Å². The van der Waals surface area contributed by atoms with Crippen molar-refractivity contribution in [1.29, 1.82) is 0 Å². The molecule has 0 bridgehead atoms. The minimum atomic E-state index is -4.52. The van der Waals surface area contributed by atoms with Crippen LogP contribution in [0.4, 0.5) is 13.2 Å². The van der Waals surface area contributed by atoms with Crippen molar-refractivity contribution >= 4 is 11.9 Å². The molecule has 0 heterocycles. The zero-order chi connectivity index (χ0) is 17.8. The number of aliphatic carboxylic acids is 2. The molecule has 128 valence electrons. The minimum absolute atomic E-state index is 0.00523. The number of halogens is 3. The maximum atomic E-state index is 12.5. The molecule has 0 aliphatic heterocycles. The highest BCUT2D eigenvalue weighted by Crippen LogP contribution is 2.30. The first-order valence-electron chi connectivity index (χ1n) is 6.91. The maximum Gasteiger partial charge on any atom is 0.416 e. The topological polar surface area (TPSA) is 86.6 Å². The largest absolute Gasteiger partial charge is 0.480 e. The molecule has 0 amide bonds. The van der Waals surface area contributed by atoms with Crippen LogP contribution in [0, 0.1) is 5.92 Å². The number of alkyl halides is 3. The fourth-order valence-electron chi connectivity index (χ4n) is 2.09. The second-order valence-corrected chi connectivity index (χ2v) is 5.58. The summed E-state index contributed by atoms with van der Waals surface area (Å²) in [4.78, 5) is 22.6. The van der Waals surface area contributed by atoms with Gasteiger partial charge in [-0.05, 0) is 30.0 Å². The van der Waals surface area contributed by atoms with Crippen molar-refractivity contribution < 1.29 is 33.0 Å². The molecule has 2 atom stereocenters. The average molecular weight is 333 g/mol. The Bertz CT molecular complexity index is 555. The molecule has 0 aliphatic rings. The van der Waals surface area contributed by atoms with Gasteiger partial charge in [0.25, 0.3) is 0 Å². The van der Waals surface area contributed by atoms with E-state index in [1.165, 1.54) is 0 Å². The monoisotopic (exact) mass is 333 g/mol. The highest BCUT2D eigenvalue weighted by atomic mass is 19.4. The second kappa shape index (κ2) is 7.45. The summed E-state index contributed by atoms with van der Waals surface area (Å²) in [6.07, 6.45) is -4.33. The summed E-state index contributed by atoms with van der Waals surface area (Å²) in [7, 11) is 0. The molecule has 0 radical (unpaired) electrons. The Balaban J connectivity index is 3.02. The highest BCUT2D eigenvalue weighted by molar-refractivity contribution is 5.78. The van der Waals surface area contributed by atoms with E-state index in [9.17, 15) is 27.9 Å². The normalized spacial score (nSPS) is 14.5. The standard InChI is InChI=1S/C15H18F3NO4/c1-8(2)7-11(13(20)21)19-12(14(22)23)9-3-5-10(6-4-9)15(16,17)18/h3-6,8,11-12,19H,7H2,1-2H3,(H,20,21)(H,22,23). The van der Waals surface area contributed by atoms with Gasteiger partial charge in [-0.3, -0.25) is 14.9 Å². The van der Waals surface area contributed by atoms with Crippen LogP contribution in [0.5, 0.6) is 0 Å². The molecule has 3 N–H and O–H groups in total. The van der Waals surface area contributed by atoms with Crippen LogP contribution in [0.3, 0.4) is 0 Å². The van der Waals surface area contributed by atoms with Crippen LogP contribution < -0.4 is 5.32 Å². The third-order valence-electron chi connectivity index (χ3n) is 3.19. The lowest BCUT2D eigenvalue weighted by molar-refractivity contribution is -0.143. The van der Waals surface area contributed by atoms with Gasteiger partial charge >= 0.3 is 18.1 Å². The minimum Gasteiger partial charge on any atom is -0.480 e. The zero-order valence-corrected chi connectivity index (χ0v) is 12.6. The SMILES string of the molecule is CC(C)CC(NC(C(=O)O)c1ccc(C(F)(F)F)cc1)C(=O)O. The number of hydrogen-bond acceptors (Lipinski definition) is 3. The van der Waals surface area contributed by atoms with Gasteiger partial charge in [0.2, 0.25) is 0 Å². The summed E-state index contributed by atoms with van der Waals surface area (Å²) in [5.41, 5.74) is -0.845. The van der Waals surface area contributed by atoms with Gasteiger partial charge in [0.1, 0.15) is 12.1 Å². The number of rotatable bonds is 7. The van der Waals surface area contributed by atoms with Crippen molar-refractivity contribution in [1.82, 2.24) is 5.32 Å². The lowest BCUT2D eigenvalue weighted by atomic mass is 10.00. The lowest BCUT2D eigenvalue weighted by Gasteiger charge is -2.22. The molecule has 1 rings (SSSR count). The van der Waals surface area contributed by atoms with Gasteiger partial charge < -0.3 is 10.2 Å². The predicted octanol–water partition coefficient (Wildman–Crippen LogP) is 2.92. The van der Waals surface area contributed by atoms with E-state index >= 15 is 0 Å². The number of carbonyl (C=O) groups is 2. The molecule has 1 aromatic carbocycles. The van der Waals surface area contributed by atoms with E-state index < -0.39 is 35.8 Å². The summed E-state index contributed by atoms with van der Waals surface area (Å²) in [6.45, 7) is 3.57. The smallest absolute Gasteiger partial charge is 0.416 e. The van der Waals surface area contributed by atoms with Crippen molar-refractivity contribution in [2.24, 2.45) is 5.92 Å². The van der Waals surface area contributed by atoms with Crippen LogP contribution in [-0.4, -0.2) is 28.2 Å². The third kappa shape index (κ3) is 5.55. The molecule has 0 aliphatic carbocycles. The van der Waals surface area contributed by atoms with E-state index in [-0.39, 0.29) is 17.9 Å². The van der Waals surface area contributed by atoms with E-state index in [0.717, 1.165) is 24.3 Å². The molecule has 0 aromatic heterocycles. The summed E-state index contributed by atoms with van der Waals surface area (Å²) in [5.74, 6) is -2.57. The summed E-state index contributed by atoms with van der Waals surface area (Å²) in [6, 6.07) is 1.08. The molecule has 0 spiro atoms. The maximum absolute atomic E-state index is 12.5. The highest BCUT2D eigenvalue weighted by Gasteiger charge is 2.32. The van der Waals surface area contributed by atoms with Crippen LogP contribution in [0.25, 0.3) is 0 Å². The van der Waals surface area contributed by atoms with Gasteiger partial charge in [0, 0.05) is 0 Å². The predicted molar refractivity (Wildman–Crippen MR) is 75.8 cm³/mol. The Morgan fingerprint density at radius 3 is 1.96 bits per heavy atom. The summed E-state index contributed by atoms with van der Waals surface area (Å²) >= 11 is 0. The van der Waals surface area contributed by atoms with Crippen molar-refractivity contribution in [2.75, 3.05) is 0 Å². The molecule has 0 fully saturated rings. The van der Waals surface area contributed by atoms with E-state index in [1.807, 2.05) is 0 Å². The van der Waals surface area contributed by atoms with Crippen LogP contribution in [0.15, 0.2) is 24.3 Å². The Hall–Kier alpha value is -2.09. The second-order valence-electron chi connectivity index (χ2n) is 5.58. The Kier molecular flexibility index (Phi) is 6.14. The Morgan fingerprint density at radius 1 is 1.09 bits per heavy atom. The first-order valence-corrected chi connectivity index (χ1v) is 6.91. The Labute approximate surface area is 131 Å². The quantitative estimate of drug-likeness (QED) is 0.714. The number of carboxylic acid groups (broad SMARTS) is 2. The third-order valence-corrected chi connectivity index (χ3v) is 3.19. The summed E-state index contributed by atoms with van der Waals surface area (Å²) in [5, 5.41) is 20.9. The van der Waals surface area contributed by atoms with Gasteiger partial charge in [-0.2, -0.15) is 13.2 Å². The first-order chi connectivity index (χ1) is 10.5. The first kappa shape index (κ1) is 19.0. The van der Waals surface area contributed by atoms with Crippen LogP contribution in [0.2, 0.25) is 0 Å². The van der Waals surface area contributed by atoms with E-state index in [2.05, 4.69) is 5.32 Å². The fraction of sp³-hybridized carbons (Fsp3) is 0.467. The molecule has 5 nitrogen and oxygen atoms in total. The van der Waals surface area contributed by atoms with Crippen molar-refractivity contribution in [2.45, 2.75) is 38.5 Å². The molecule has 8 heteroatoms. The van der Waals surface area contributed by atoms with Gasteiger partial charge in [-0.1, -0.05) is 26.0 Å². The number of nitrogens with one attached hydrogen (secondary N) is 1. The van der Waals surface area contributed by atoms with Crippen molar-refractivity contribution in [3.8, 4) is 0 Å². The van der Waals surface area contributed by atoms with Gasteiger partial charge in [-0.25, -0.2) is 0 Å². The van der Waals surface area contributed by atoms with Crippen LogP contribution in [-0.2, 0) is 15.8 Å².